The molecule has 1 fully saturated rings. The van der Waals surface area contributed by atoms with Crippen LogP contribution in [0.5, 0.6) is 0 Å². The van der Waals surface area contributed by atoms with E-state index >= 15 is 0 Å². The number of nitrogens with zero attached hydrogens (tertiary/aromatic N) is 1. The van der Waals surface area contributed by atoms with Gasteiger partial charge < -0.3 is 0 Å². The van der Waals surface area contributed by atoms with Gasteiger partial charge in [0.05, 0.1) is 5.56 Å². The largest absolute Gasteiger partial charge is 0.329 e. The third-order valence-corrected chi connectivity index (χ3v) is 3.69. The van der Waals surface area contributed by atoms with Gasteiger partial charge >= 0.3 is 5.69 Å². The van der Waals surface area contributed by atoms with Crippen LogP contribution in [0.4, 0.5) is 4.39 Å². The van der Waals surface area contributed by atoms with E-state index in [-0.39, 0.29) is 10.7 Å². The number of halogens is 2. The first-order valence-corrected chi connectivity index (χ1v) is 6.72. The maximum absolute atomic E-state index is 13.0. The van der Waals surface area contributed by atoms with Crippen molar-refractivity contribution in [1.82, 2.24) is 9.55 Å². The molecular weight excluding hydrogens is 283 g/mol. The Morgan fingerprint density at radius 2 is 1.90 bits per heavy atom. The van der Waals surface area contributed by atoms with Gasteiger partial charge in [-0.2, -0.15) is 0 Å². The van der Waals surface area contributed by atoms with Gasteiger partial charge in [-0.3, -0.25) is 14.3 Å². The van der Waals surface area contributed by atoms with Crippen molar-refractivity contribution in [2.75, 3.05) is 0 Å². The normalized spacial score (nSPS) is 14.5. The summed E-state index contributed by atoms with van der Waals surface area (Å²) in [7, 11) is 0. The number of aromatic nitrogens is 2. The maximum Gasteiger partial charge on any atom is 0.329 e. The van der Waals surface area contributed by atoms with E-state index in [1.54, 1.807) is 0 Å². The fourth-order valence-electron chi connectivity index (χ4n) is 2.14. The molecule has 1 aliphatic rings. The zero-order valence-electron chi connectivity index (χ0n) is 10.5. The number of H-pyrrole nitrogens is 1. The highest BCUT2D eigenvalue weighted by Gasteiger charge is 2.24. The van der Waals surface area contributed by atoms with Crippen molar-refractivity contribution in [3.05, 3.63) is 56.1 Å². The van der Waals surface area contributed by atoms with Crippen LogP contribution in [0, 0.1) is 11.7 Å². The summed E-state index contributed by atoms with van der Waals surface area (Å²) in [6, 6.07) is 5.44. The summed E-state index contributed by atoms with van der Waals surface area (Å²) in [5, 5.41) is -0.0151. The van der Waals surface area contributed by atoms with Crippen LogP contribution >= 0.6 is 11.6 Å². The summed E-state index contributed by atoms with van der Waals surface area (Å²) in [4.78, 5) is 26.7. The van der Waals surface area contributed by atoms with Gasteiger partial charge in [0.15, 0.2) is 0 Å². The first-order valence-electron chi connectivity index (χ1n) is 6.35. The van der Waals surface area contributed by atoms with Gasteiger partial charge in [-0.05, 0) is 36.5 Å². The van der Waals surface area contributed by atoms with E-state index in [0.717, 1.165) is 12.8 Å². The van der Waals surface area contributed by atoms with Crippen molar-refractivity contribution >= 4 is 11.6 Å². The first-order chi connectivity index (χ1) is 9.56. The number of hydrogen-bond donors (Lipinski definition) is 1. The minimum atomic E-state index is -0.502. The highest BCUT2D eigenvalue weighted by molar-refractivity contribution is 6.32. The van der Waals surface area contributed by atoms with Crippen LogP contribution in [-0.4, -0.2) is 9.55 Å². The smallest absolute Gasteiger partial charge is 0.297 e. The molecule has 1 aliphatic carbocycles. The zero-order chi connectivity index (χ0) is 14.3. The third-order valence-electron chi connectivity index (χ3n) is 3.41. The van der Waals surface area contributed by atoms with E-state index in [1.165, 1.54) is 28.8 Å². The summed E-state index contributed by atoms with van der Waals surface area (Å²) in [6.45, 7) is 0.402. The van der Waals surface area contributed by atoms with Gasteiger partial charge in [-0.25, -0.2) is 9.18 Å². The maximum atomic E-state index is 13.0. The molecule has 2 aromatic rings. The molecule has 104 valence electrons. The van der Waals surface area contributed by atoms with Crippen LogP contribution in [0.1, 0.15) is 12.8 Å². The Bertz CT molecular complexity index is 760. The molecule has 1 aromatic heterocycles. The molecule has 1 saturated carbocycles. The van der Waals surface area contributed by atoms with Crippen LogP contribution in [0.2, 0.25) is 5.15 Å². The average molecular weight is 295 g/mol. The van der Waals surface area contributed by atoms with Crippen molar-refractivity contribution in [1.29, 1.82) is 0 Å². The SMILES string of the molecule is O=c1[nH]c(Cl)c(-c2ccc(F)cc2)c(=O)n1CC1CC1. The lowest BCUT2D eigenvalue weighted by atomic mass is 10.1. The Kier molecular flexibility index (Phi) is 3.22. The number of nitrogens with one attached hydrogen (secondary N) is 1. The summed E-state index contributed by atoms with van der Waals surface area (Å²) < 4.78 is 14.1. The van der Waals surface area contributed by atoms with E-state index in [4.69, 9.17) is 11.6 Å². The summed E-state index contributed by atoms with van der Waals surface area (Å²) in [5.74, 6) is -0.0105. The molecule has 0 radical (unpaired) electrons. The van der Waals surface area contributed by atoms with Crippen molar-refractivity contribution < 1.29 is 4.39 Å². The van der Waals surface area contributed by atoms with Crippen molar-refractivity contribution in [2.24, 2.45) is 5.92 Å². The summed E-state index contributed by atoms with van der Waals surface area (Å²) in [5.41, 5.74) is -0.246. The van der Waals surface area contributed by atoms with Crippen LogP contribution in [0.15, 0.2) is 33.9 Å². The number of rotatable bonds is 3. The second-order valence-electron chi connectivity index (χ2n) is 4.99. The van der Waals surface area contributed by atoms with Gasteiger partial charge in [0.2, 0.25) is 0 Å². The molecule has 1 heterocycles. The third kappa shape index (κ3) is 2.41. The molecule has 0 saturated heterocycles. The van der Waals surface area contributed by atoms with E-state index in [2.05, 4.69) is 4.98 Å². The lowest BCUT2D eigenvalue weighted by Gasteiger charge is -2.08. The predicted molar refractivity (Wildman–Crippen MR) is 74.5 cm³/mol. The first kappa shape index (κ1) is 13.1. The molecular formula is C14H12ClFN2O2. The van der Waals surface area contributed by atoms with Gasteiger partial charge in [0.1, 0.15) is 11.0 Å². The van der Waals surface area contributed by atoms with Crippen molar-refractivity contribution in [2.45, 2.75) is 19.4 Å². The highest BCUT2D eigenvalue weighted by atomic mass is 35.5. The molecule has 0 aliphatic heterocycles. The van der Waals surface area contributed by atoms with Crippen molar-refractivity contribution in [3.63, 3.8) is 0 Å². The topological polar surface area (TPSA) is 54.9 Å². The predicted octanol–water partition coefficient (Wildman–Crippen LogP) is 2.41. The second kappa shape index (κ2) is 4.90. The Morgan fingerprint density at radius 1 is 1.25 bits per heavy atom. The van der Waals surface area contributed by atoms with Gasteiger partial charge in [0.25, 0.3) is 5.56 Å². The minimum absolute atomic E-state index is 0.0151. The van der Waals surface area contributed by atoms with Crippen LogP contribution < -0.4 is 11.2 Å². The standard InChI is InChI=1S/C14H12ClFN2O2/c15-12-11(9-3-5-10(16)6-4-9)13(19)18(14(20)17-12)7-8-1-2-8/h3-6,8H,1-2,7H2,(H,17,20). The average Bonchev–Trinajstić information content (AvgIpc) is 3.20. The fourth-order valence-corrected chi connectivity index (χ4v) is 2.41. The highest BCUT2D eigenvalue weighted by Crippen LogP contribution is 2.30. The molecule has 0 spiro atoms. The second-order valence-corrected chi connectivity index (χ2v) is 5.36. The Labute approximate surface area is 118 Å². The molecule has 1 aromatic carbocycles. The van der Waals surface area contributed by atoms with E-state index in [0.29, 0.717) is 18.0 Å². The number of hydrogen-bond acceptors (Lipinski definition) is 2. The Hall–Kier alpha value is -1.88. The van der Waals surface area contributed by atoms with Gasteiger partial charge in [-0.1, -0.05) is 23.7 Å². The van der Waals surface area contributed by atoms with E-state index < -0.39 is 17.1 Å². The molecule has 3 rings (SSSR count). The van der Waals surface area contributed by atoms with E-state index in [9.17, 15) is 14.0 Å². The lowest BCUT2D eigenvalue weighted by Crippen LogP contribution is -2.36. The van der Waals surface area contributed by atoms with Gasteiger partial charge in [0, 0.05) is 6.54 Å². The Morgan fingerprint density at radius 3 is 2.50 bits per heavy atom. The van der Waals surface area contributed by atoms with Crippen LogP contribution in [0.3, 0.4) is 0 Å². The molecule has 4 nitrogen and oxygen atoms in total. The summed E-state index contributed by atoms with van der Waals surface area (Å²) >= 11 is 5.97. The molecule has 1 N–H and O–H groups in total. The Balaban J connectivity index is 2.16. The summed E-state index contributed by atoms with van der Waals surface area (Å²) in [6.07, 6.45) is 2.06. The van der Waals surface area contributed by atoms with Crippen LogP contribution in [0.25, 0.3) is 11.1 Å². The van der Waals surface area contributed by atoms with Crippen LogP contribution in [-0.2, 0) is 6.54 Å². The quantitative estimate of drug-likeness (QED) is 0.884. The molecule has 0 bridgehead atoms. The van der Waals surface area contributed by atoms with Gasteiger partial charge in [-0.15, -0.1) is 0 Å². The fraction of sp³-hybridized carbons (Fsp3) is 0.286. The lowest BCUT2D eigenvalue weighted by molar-refractivity contribution is 0.576. The molecule has 20 heavy (non-hydrogen) atoms. The molecule has 0 unspecified atom stereocenters. The minimum Gasteiger partial charge on any atom is -0.297 e. The molecule has 0 atom stereocenters. The number of aromatic amines is 1. The molecule has 0 amide bonds. The zero-order valence-corrected chi connectivity index (χ0v) is 11.3. The van der Waals surface area contributed by atoms with Crippen molar-refractivity contribution in [3.8, 4) is 11.1 Å². The monoisotopic (exact) mass is 294 g/mol. The molecule has 6 heteroatoms. The number of benzene rings is 1. The van der Waals surface area contributed by atoms with E-state index in [1.807, 2.05) is 0 Å².